The molecule has 0 bridgehead atoms. The van der Waals surface area contributed by atoms with Crippen LogP contribution >= 0.6 is 0 Å². The van der Waals surface area contributed by atoms with Gasteiger partial charge < -0.3 is 9.64 Å². The smallest absolute Gasteiger partial charge is 0.145 e. The Morgan fingerprint density at radius 1 is 1.35 bits per heavy atom. The van der Waals surface area contributed by atoms with Crippen LogP contribution < -0.4 is 9.64 Å². The van der Waals surface area contributed by atoms with E-state index in [1.54, 1.807) is 7.11 Å². The van der Waals surface area contributed by atoms with Crippen LogP contribution in [0.2, 0.25) is 0 Å². The summed E-state index contributed by atoms with van der Waals surface area (Å²) in [6, 6.07) is 9.23. The zero-order chi connectivity index (χ0) is 13.7. The number of piperidine rings is 1. The molecule has 1 aromatic heterocycles. The number of aryl methyl sites for hydroxylation is 1. The Bertz CT molecular complexity index is 667. The number of anilines is 1. The third kappa shape index (κ3) is 1.76. The van der Waals surface area contributed by atoms with Gasteiger partial charge >= 0.3 is 0 Å². The van der Waals surface area contributed by atoms with Gasteiger partial charge in [0.2, 0.25) is 0 Å². The van der Waals surface area contributed by atoms with Crippen LogP contribution in [0.1, 0.15) is 25.0 Å². The van der Waals surface area contributed by atoms with Crippen LogP contribution in [0, 0.1) is 12.8 Å². The first kappa shape index (κ1) is 12.0. The molecule has 3 nitrogen and oxygen atoms in total. The molecular formula is C17H20N2O. The normalized spacial score (nSPS) is 24.6. The summed E-state index contributed by atoms with van der Waals surface area (Å²) in [4.78, 5) is 7.29. The molecule has 2 heterocycles. The maximum absolute atomic E-state index is 5.48. The molecule has 1 aliphatic carbocycles. The molecule has 0 amide bonds. The number of benzene rings is 1. The molecule has 1 aromatic carbocycles. The average molecular weight is 268 g/mol. The summed E-state index contributed by atoms with van der Waals surface area (Å²) in [6.07, 6.45) is 4.09. The van der Waals surface area contributed by atoms with Crippen molar-refractivity contribution in [2.45, 2.75) is 32.2 Å². The zero-order valence-electron chi connectivity index (χ0n) is 12.1. The van der Waals surface area contributed by atoms with Crippen molar-refractivity contribution < 1.29 is 4.74 Å². The van der Waals surface area contributed by atoms with Gasteiger partial charge in [-0.25, -0.2) is 4.98 Å². The fourth-order valence-electron chi connectivity index (χ4n) is 3.64. The van der Waals surface area contributed by atoms with E-state index in [1.807, 2.05) is 6.07 Å². The maximum Gasteiger partial charge on any atom is 0.145 e. The molecule has 2 fully saturated rings. The van der Waals surface area contributed by atoms with Crippen molar-refractivity contribution in [1.82, 2.24) is 4.98 Å². The minimum absolute atomic E-state index is 0.764. The van der Waals surface area contributed by atoms with Crippen molar-refractivity contribution in [3.8, 4) is 5.75 Å². The summed E-state index contributed by atoms with van der Waals surface area (Å²) >= 11 is 0. The molecule has 20 heavy (non-hydrogen) atoms. The van der Waals surface area contributed by atoms with E-state index in [0.29, 0.717) is 0 Å². The Kier molecular flexibility index (Phi) is 2.62. The van der Waals surface area contributed by atoms with Crippen molar-refractivity contribution in [2.75, 3.05) is 18.6 Å². The second kappa shape index (κ2) is 4.37. The Morgan fingerprint density at radius 3 is 3.10 bits per heavy atom. The molecule has 3 heteroatoms. The number of rotatable bonds is 2. The van der Waals surface area contributed by atoms with Gasteiger partial charge in [0.25, 0.3) is 0 Å². The second-order valence-electron chi connectivity index (χ2n) is 6.04. The highest BCUT2D eigenvalue weighted by atomic mass is 16.5. The number of fused-ring (bicyclic) bond motifs is 2. The van der Waals surface area contributed by atoms with Gasteiger partial charge in [0, 0.05) is 29.4 Å². The molecule has 104 valence electrons. The van der Waals surface area contributed by atoms with E-state index in [-0.39, 0.29) is 0 Å². The quantitative estimate of drug-likeness (QED) is 0.833. The number of ether oxygens (including phenoxy) is 1. The van der Waals surface area contributed by atoms with Gasteiger partial charge in [0.15, 0.2) is 0 Å². The Labute approximate surface area is 119 Å². The van der Waals surface area contributed by atoms with E-state index in [2.05, 4.69) is 35.0 Å². The van der Waals surface area contributed by atoms with Crippen molar-refractivity contribution in [3.63, 3.8) is 0 Å². The Balaban J connectivity index is 1.90. The largest absolute Gasteiger partial charge is 0.494 e. The van der Waals surface area contributed by atoms with E-state index in [0.717, 1.165) is 28.9 Å². The zero-order valence-corrected chi connectivity index (χ0v) is 12.1. The summed E-state index contributed by atoms with van der Waals surface area (Å²) in [5, 5.41) is 1.22. The van der Waals surface area contributed by atoms with Crippen LogP contribution in [0.4, 0.5) is 5.69 Å². The number of hydrogen-bond donors (Lipinski definition) is 0. The van der Waals surface area contributed by atoms with Crippen molar-refractivity contribution >= 4 is 16.6 Å². The number of aromatic nitrogens is 1. The van der Waals surface area contributed by atoms with E-state index in [9.17, 15) is 0 Å². The van der Waals surface area contributed by atoms with E-state index in [1.165, 1.54) is 36.9 Å². The van der Waals surface area contributed by atoms with Gasteiger partial charge in [-0.2, -0.15) is 0 Å². The van der Waals surface area contributed by atoms with Crippen LogP contribution in [-0.4, -0.2) is 24.7 Å². The molecule has 2 unspecified atom stereocenters. The van der Waals surface area contributed by atoms with Gasteiger partial charge in [-0.1, -0.05) is 12.1 Å². The first-order valence-corrected chi connectivity index (χ1v) is 7.49. The van der Waals surface area contributed by atoms with Crippen LogP contribution in [-0.2, 0) is 0 Å². The number of nitrogens with zero attached hydrogens (tertiary/aromatic N) is 2. The molecule has 0 N–H and O–H groups in total. The summed E-state index contributed by atoms with van der Waals surface area (Å²) in [5.74, 6) is 1.80. The van der Waals surface area contributed by atoms with Crippen molar-refractivity contribution in [3.05, 3.63) is 30.0 Å². The van der Waals surface area contributed by atoms with Crippen LogP contribution in [0.15, 0.2) is 24.3 Å². The maximum atomic E-state index is 5.48. The predicted molar refractivity (Wildman–Crippen MR) is 81.5 cm³/mol. The molecule has 2 aromatic rings. The van der Waals surface area contributed by atoms with Crippen LogP contribution in [0.25, 0.3) is 10.9 Å². The third-order valence-corrected chi connectivity index (χ3v) is 4.70. The lowest BCUT2D eigenvalue weighted by molar-refractivity contribution is 0.419. The predicted octanol–water partition coefficient (Wildman–Crippen LogP) is 3.54. The SMILES string of the molecule is COc1cccc2c(N3CCCC4CC43)cc(C)nc12. The molecule has 1 aliphatic heterocycles. The third-order valence-electron chi connectivity index (χ3n) is 4.70. The molecule has 1 saturated carbocycles. The minimum atomic E-state index is 0.764. The lowest BCUT2D eigenvalue weighted by Crippen LogP contribution is -2.31. The molecule has 1 saturated heterocycles. The van der Waals surface area contributed by atoms with Gasteiger partial charge in [-0.15, -0.1) is 0 Å². The van der Waals surface area contributed by atoms with E-state index >= 15 is 0 Å². The van der Waals surface area contributed by atoms with E-state index < -0.39 is 0 Å². The molecule has 4 rings (SSSR count). The first-order valence-electron chi connectivity index (χ1n) is 7.49. The van der Waals surface area contributed by atoms with Gasteiger partial charge in [0.1, 0.15) is 11.3 Å². The fourth-order valence-corrected chi connectivity index (χ4v) is 3.64. The monoisotopic (exact) mass is 268 g/mol. The fraction of sp³-hybridized carbons (Fsp3) is 0.471. The highest BCUT2D eigenvalue weighted by Gasteiger charge is 2.44. The molecule has 2 aliphatic rings. The lowest BCUT2D eigenvalue weighted by Gasteiger charge is -2.30. The van der Waals surface area contributed by atoms with Gasteiger partial charge in [0.05, 0.1) is 7.11 Å². The van der Waals surface area contributed by atoms with Gasteiger partial charge in [-0.05, 0) is 44.2 Å². The van der Waals surface area contributed by atoms with Crippen molar-refractivity contribution in [1.29, 1.82) is 0 Å². The van der Waals surface area contributed by atoms with Crippen LogP contribution in [0.3, 0.4) is 0 Å². The minimum Gasteiger partial charge on any atom is -0.494 e. The summed E-state index contributed by atoms with van der Waals surface area (Å²) in [6.45, 7) is 3.25. The second-order valence-corrected chi connectivity index (χ2v) is 6.04. The average Bonchev–Trinajstić information content (AvgIpc) is 3.25. The summed E-state index contributed by atoms with van der Waals surface area (Å²) in [7, 11) is 1.72. The highest BCUT2D eigenvalue weighted by Crippen LogP contribution is 2.46. The van der Waals surface area contributed by atoms with E-state index in [4.69, 9.17) is 4.74 Å². The highest BCUT2D eigenvalue weighted by molar-refractivity contribution is 5.95. The van der Waals surface area contributed by atoms with Gasteiger partial charge in [-0.3, -0.25) is 0 Å². The molecular weight excluding hydrogens is 248 g/mol. The number of methoxy groups -OCH3 is 1. The molecule has 0 radical (unpaired) electrons. The Morgan fingerprint density at radius 2 is 2.25 bits per heavy atom. The summed E-state index contributed by atoms with van der Waals surface area (Å²) in [5.41, 5.74) is 3.41. The summed E-state index contributed by atoms with van der Waals surface area (Å²) < 4.78 is 5.48. The first-order chi connectivity index (χ1) is 9.78. The van der Waals surface area contributed by atoms with Crippen LogP contribution in [0.5, 0.6) is 5.75 Å². The molecule has 2 atom stereocenters. The number of pyridine rings is 1. The lowest BCUT2D eigenvalue weighted by atomic mass is 10.1. The topological polar surface area (TPSA) is 25.4 Å². The molecule has 0 spiro atoms. The standard InChI is InChI=1S/C17H20N2O/c1-11-9-15(19-8-4-5-12-10-14(12)19)13-6-3-7-16(20-2)17(13)18-11/h3,6-7,9,12,14H,4-5,8,10H2,1-2H3. The Hall–Kier alpha value is -1.77. The number of hydrogen-bond acceptors (Lipinski definition) is 3. The van der Waals surface area contributed by atoms with Crippen molar-refractivity contribution in [2.24, 2.45) is 5.92 Å². The number of para-hydroxylation sites is 1.